The Balaban J connectivity index is 1.98. The van der Waals surface area contributed by atoms with E-state index >= 15 is 0 Å². The molecule has 0 unspecified atom stereocenters. The first-order valence-electron chi connectivity index (χ1n) is 5.55. The maximum atomic E-state index is 6.02. The van der Waals surface area contributed by atoms with Gasteiger partial charge in [0, 0.05) is 24.7 Å². The summed E-state index contributed by atoms with van der Waals surface area (Å²) >= 11 is 0. The highest BCUT2D eigenvalue weighted by atomic mass is 14.9. The van der Waals surface area contributed by atoms with Crippen molar-refractivity contribution in [1.29, 1.82) is 0 Å². The molecule has 0 spiro atoms. The van der Waals surface area contributed by atoms with Gasteiger partial charge in [-0.15, -0.1) is 0 Å². The molecular weight excluding hydrogens is 186 g/mol. The molecule has 2 N–H and O–H groups in total. The Kier molecular flexibility index (Phi) is 3.45. The first-order chi connectivity index (χ1) is 7.36. The van der Waals surface area contributed by atoms with Crippen molar-refractivity contribution in [1.82, 2.24) is 4.98 Å². The SMILES string of the molecule is N[C@@H]1CCCC[C@H]1N=Cc1ccncc1. The molecule has 1 aromatic heterocycles. The lowest BCUT2D eigenvalue weighted by molar-refractivity contribution is 0.387. The van der Waals surface area contributed by atoms with Crippen molar-refractivity contribution in [2.75, 3.05) is 0 Å². The average Bonchev–Trinajstić information content (AvgIpc) is 2.29. The quantitative estimate of drug-likeness (QED) is 0.745. The molecular formula is C12H17N3. The Morgan fingerprint density at radius 2 is 2.00 bits per heavy atom. The third kappa shape index (κ3) is 2.86. The van der Waals surface area contributed by atoms with Crippen molar-refractivity contribution < 1.29 is 0 Å². The number of hydrogen-bond acceptors (Lipinski definition) is 3. The third-order valence-electron chi connectivity index (χ3n) is 2.90. The van der Waals surface area contributed by atoms with Crippen LogP contribution in [0.5, 0.6) is 0 Å². The van der Waals surface area contributed by atoms with Crippen LogP contribution in [-0.4, -0.2) is 23.3 Å². The van der Waals surface area contributed by atoms with Gasteiger partial charge in [0.2, 0.25) is 0 Å². The van der Waals surface area contributed by atoms with Gasteiger partial charge in [0.25, 0.3) is 0 Å². The molecule has 1 heterocycles. The van der Waals surface area contributed by atoms with Crippen molar-refractivity contribution in [3.8, 4) is 0 Å². The second kappa shape index (κ2) is 5.03. The Morgan fingerprint density at radius 3 is 2.73 bits per heavy atom. The molecule has 80 valence electrons. The molecule has 0 radical (unpaired) electrons. The van der Waals surface area contributed by atoms with E-state index in [1.165, 1.54) is 12.8 Å². The molecule has 1 aromatic rings. The van der Waals surface area contributed by atoms with Crippen LogP contribution in [0.15, 0.2) is 29.5 Å². The fourth-order valence-electron chi connectivity index (χ4n) is 1.96. The van der Waals surface area contributed by atoms with E-state index in [1.54, 1.807) is 12.4 Å². The molecule has 0 amide bonds. The number of rotatable bonds is 2. The van der Waals surface area contributed by atoms with Gasteiger partial charge in [-0.05, 0) is 30.5 Å². The molecule has 1 saturated carbocycles. The van der Waals surface area contributed by atoms with Crippen LogP contribution in [0.4, 0.5) is 0 Å². The van der Waals surface area contributed by atoms with E-state index in [1.807, 2.05) is 18.3 Å². The van der Waals surface area contributed by atoms with Crippen LogP contribution >= 0.6 is 0 Å². The van der Waals surface area contributed by atoms with Gasteiger partial charge in [-0.1, -0.05) is 12.8 Å². The number of hydrogen-bond donors (Lipinski definition) is 1. The largest absolute Gasteiger partial charge is 0.326 e. The summed E-state index contributed by atoms with van der Waals surface area (Å²) in [7, 11) is 0. The van der Waals surface area contributed by atoms with Crippen molar-refractivity contribution in [2.24, 2.45) is 10.7 Å². The summed E-state index contributed by atoms with van der Waals surface area (Å²) in [6.07, 6.45) is 10.2. The molecule has 15 heavy (non-hydrogen) atoms. The molecule has 1 aliphatic rings. The number of nitrogens with zero attached hydrogens (tertiary/aromatic N) is 2. The van der Waals surface area contributed by atoms with Crippen LogP contribution in [0.3, 0.4) is 0 Å². The van der Waals surface area contributed by atoms with E-state index in [2.05, 4.69) is 9.98 Å². The van der Waals surface area contributed by atoms with Crippen molar-refractivity contribution in [3.05, 3.63) is 30.1 Å². The first-order valence-corrected chi connectivity index (χ1v) is 5.55. The monoisotopic (exact) mass is 203 g/mol. The van der Waals surface area contributed by atoms with Gasteiger partial charge >= 0.3 is 0 Å². The van der Waals surface area contributed by atoms with E-state index < -0.39 is 0 Å². The average molecular weight is 203 g/mol. The van der Waals surface area contributed by atoms with Crippen LogP contribution < -0.4 is 5.73 Å². The van der Waals surface area contributed by atoms with Crippen molar-refractivity contribution in [2.45, 2.75) is 37.8 Å². The van der Waals surface area contributed by atoms with Gasteiger partial charge in [0.05, 0.1) is 6.04 Å². The maximum absolute atomic E-state index is 6.02. The van der Waals surface area contributed by atoms with Crippen LogP contribution in [-0.2, 0) is 0 Å². The molecule has 3 nitrogen and oxygen atoms in total. The predicted octanol–water partition coefficient (Wildman–Crippen LogP) is 1.77. The number of nitrogens with two attached hydrogens (primary N) is 1. The summed E-state index contributed by atoms with van der Waals surface area (Å²) < 4.78 is 0. The summed E-state index contributed by atoms with van der Waals surface area (Å²) in [5.41, 5.74) is 7.12. The lowest BCUT2D eigenvalue weighted by atomic mass is 9.91. The predicted molar refractivity (Wildman–Crippen MR) is 62.1 cm³/mol. The minimum absolute atomic E-state index is 0.247. The number of aliphatic imine (C=N–C) groups is 1. The third-order valence-corrected chi connectivity index (χ3v) is 2.90. The maximum Gasteiger partial charge on any atom is 0.0650 e. The van der Waals surface area contributed by atoms with E-state index in [0.717, 1.165) is 18.4 Å². The highest BCUT2D eigenvalue weighted by molar-refractivity contribution is 5.79. The van der Waals surface area contributed by atoms with Crippen LogP contribution in [0.2, 0.25) is 0 Å². The Bertz CT molecular complexity index is 321. The molecule has 1 fully saturated rings. The molecule has 0 aliphatic heterocycles. The van der Waals surface area contributed by atoms with Crippen LogP contribution in [0.25, 0.3) is 0 Å². The Labute approximate surface area is 90.4 Å². The van der Waals surface area contributed by atoms with Gasteiger partial charge in [0.1, 0.15) is 0 Å². The molecule has 2 atom stereocenters. The Hall–Kier alpha value is -1.22. The van der Waals surface area contributed by atoms with Crippen molar-refractivity contribution in [3.63, 3.8) is 0 Å². The highest BCUT2D eigenvalue weighted by Gasteiger charge is 2.19. The van der Waals surface area contributed by atoms with E-state index in [9.17, 15) is 0 Å². The van der Waals surface area contributed by atoms with Gasteiger partial charge in [-0.25, -0.2) is 0 Å². The number of pyridine rings is 1. The first kappa shape index (κ1) is 10.3. The summed E-state index contributed by atoms with van der Waals surface area (Å²) in [4.78, 5) is 8.53. The number of aromatic nitrogens is 1. The zero-order valence-electron chi connectivity index (χ0n) is 8.84. The second-order valence-electron chi connectivity index (χ2n) is 4.07. The van der Waals surface area contributed by atoms with Crippen LogP contribution in [0, 0.1) is 0 Å². The molecule has 0 aromatic carbocycles. The van der Waals surface area contributed by atoms with E-state index in [0.29, 0.717) is 6.04 Å². The van der Waals surface area contributed by atoms with Crippen molar-refractivity contribution >= 4 is 6.21 Å². The van der Waals surface area contributed by atoms with Gasteiger partial charge in [0.15, 0.2) is 0 Å². The second-order valence-corrected chi connectivity index (χ2v) is 4.07. The Morgan fingerprint density at radius 1 is 1.27 bits per heavy atom. The summed E-state index contributed by atoms with van der Waals surface area (Å²) in [5.74, 6) is 0. The fourth-order valence-corrected chi connectivity index (χ4v) is 1.96. The summed E-state index contributed by atoms with van der Waals surface area (Å²) in [5, 5.41) is 0. The minimum Gasteiger partial charge on any atom is -0.326 e. The lowest BCUT2D eigenvalue weighted by Gasteiger charge is -2.24. The van der Waals surface area contributed by atoms with Crippen LogP contribution in [0.1, 0.15) is 31.2 Å². The molecule has 0 saturated heterocycles. The van der Waals surface area contributed by atoms with Gasteiger partial charge < -0.3 is 5.73 Å². The van der Waals surface area contributed by atoms with Gasteiger partial charge in [-0.2, -0.15) is 0 Å². The topological polar surface area (TPSA) is 51.3 Å². The molecule has 2 rings (SSSR count). The zero-order chi connectivity index (χ0) is 10.5. The summed E-state index contributed by atoms with van der Waals surface area (Å²) in [6.45, 7) is 0. The summed E-state index contributed by atoms with van der Waals surface area (Å²) in [6, 6.07) is 4.47. The van der Waals surface area contributed by atoms with Gasteiger partial charge in [-0.3, -0.25) is 9.98 Å². The van der Waals surface area contributed by atoms with E-state index in [-0.39, 0.29) is 6.04 Å². The standard InChI is InChI=1S/C12H17N3/c13-11-3-1-2-4-12(11)15-9-10-5-7-14-8-6-10/h5-9,11-12H,1-4,13H2/t11-,12-/m1/s1. The molecule has 1 aliphatic carbocycles. The normalized spacial score (nSPS) is 27.0. The van der Waals surface area contributed by atoms with E-state index in [4.69, 9.17) is 5.73 Å². The lowest BCUT2D eigenvalue weighted by Crippen LogP contribution is -2.36. The smallest absolute Gasteiger partial charge is 0.0650 e. The highest BCUT2D eigenvalue weighted by Crippen LogP contribution is 2.19. The molecule has 0 bridgehead atoms. The fraction of sp³-hybridized carbons (Fsp3) is 0.500. The molecule has 3 heteroatoms. The minimum atomic E-state index is 0.247. The zero-order valence-corrected chi connectivity index (χ0v) is 8.84.